The highest BCUT2D eigenvalue weighted by Crippen LogP contribution is 2.25. The predicted molar refractivity (Wildman–Crippen MR) is 76.5 cm³/mol. The number of aromatic nitrogens is 5. The Kier molecular flexibility index (Phi) is 3.85. The minimum absolute atomic E-state index is 0.144. The number of hydrogen-bond donors (Lipinski definition) is 1. The third kappa shape index (κ3) is 2.88. The van der Waals surface area contributed by atoms with Crippen LogP contribution in [-0.4, -0.2) is 44.4 Å². The first-order valence-electron chi connectivity index (χ1n) is 7.09. The van der Waals surface area contributed by atoms with Gasteiger partial charge >= 0.3 is 5.69 Å². The molecule has 0 spiro atoms. The van der Waals surface area contributed by atoms with E-state index in [9.17, 15) is 4.79 Å². The molecule has 0 aliphatic carbocycles. The molecule has 3 heterocycles. The largest absolute Gasteiger partial charge is 0.478 e. The molecule has 1 N–H and O–H groups in total. The summed E-state index contributed by atoms with van der Waals surface area (Å²) in [7, 11) is 0. The Labute approximate surface area is 121 Å². The first-order valence-corrected chi connectivity index (χ1v) is 7.09. The molecule has 0 aromatic carbocycles. The van der Waals surface area contributed by atoms with Crippen LogP contribution in [0.5, 0.6) is 5.88 Å². The molecule has 21 heavy (non-hydrogen) atoms. The van der Waals surface area contributed by atoms with Crippen molar-refractivity contribution in [1.29, 1.82) is 0 Å². The molecule has 0 saturated carbocycles. The maximum atomic E-state index is 11.6. The Bertz CT molecular complexity index is 644. The standard InChI is InChI=1S/C13H18N6O2/c1-2-21-12-7-11(14-8-15-12)18-5-3-10(4-6-18)19-9-16-17-13(19)20/h7-10H,2-6H2,1H3,(H,17,20). The number of H-pyrrole nitrogens is 1. The molecular weight excluding hydrogens is 272 g/mol. The lowest BCUT2D eigenvalue weighted by molar-refractivity contribution is 0.325. The van der Waals surface area contributed by atoms with Crippen molar-refractivity contribution >= 4 is 5.82 Å². The highest BCUT2D eigenvalue weighted by molar-refractivity contribution is 5.41. The van der Waals surface area contributed by atoms with Gasteiger partial charge in [-0.15, -0.1) is 0 Å². The SMILES string of the molecule is CCOc1cc(N2CCC(n3cn[nH]c3=O)CC2)ncn1. The molecule has 1 aliphatic heterocycles. The van der Waals surface area contributed by atoms with Crippen LogP contribution in [0, 0.1) is 0 Å². The fraction of sp³-hybridized carbons (Fsp3) is 0.538. The summed E-state index contributed by atoms with van der Waals surface area (Å²) in [5.74, 6) is 1.46. The van der Waals surface area contributed by atoms with Crippen LogP contribution < -0.4 is 15.3 Å². The van der Waals surface area contributed by atoms with Crippen molar-refractivity contribution in [2.75, 3.05) is 24.6 Å². The lowest BCUT2D eigenvalue weighted by atomic mass is 10.1. The Morgan fingerprint density at radius 2 is 2.19 bits per heavy atom. The normalized spacial score (nSPS) is 16.1. The van der Waals surface area contributed by atoms with Crippen LogP contribution in [-0.2, 0) is 0 Å². The number of nitrogens with zero attached hydrogens (tertiary/aromatic N) is 5. The second-order valence-corrected chi connectivity index (χ2v) is 4.93. The molecule has 0 amide bonds. The zero-order chi connectivity index (χ0) is 14.7. The maximum absolute atomic E-state index is 11.6. The van der Waals surface area contributed by atoms with Gasteiger partial charge in [0.05, 0.1) is 6.61 Å². The lowest BCUT2D eigenvalue weighted by Crippen LogP contribution is -2.37. The van der Waals surface area contributed by atoms with E-state index in [4.69, 9.17) is 4.74 Å². The van der Waals surface area contributed by atoms with Crippen molar-refractivity contribution in [3.8, 4) is 5.88 Å². The van der Waals surface area contributed by atoms with E-state index in [2.05, 4.69) is 25.1 Å². The molecular formula is C13H18N6O2. The molecule has 8 heteroatoms. The van der Waals surface area contributed by atoms with Crippen molar-refractivity contribution in [2.45, 2.75) is 25.8 Å². The summed E-state index contributed by atoms with van der Waals surface area (Å²) < 4.78 is 7.07. The molecule has 112 valence electrons. The van der Waals surface area contributed by atoms with E-state index in [1.54, 1.807) is 10.9 Å². The van der Waals surface area contributed by atoms with Gasteiger partial charge in [-0.05, 0) is 19.8 Å². The zero-order valence-electron chi connectivity index (χ0n) is 11.9. The van der Waals surface area contributed by atoms with Crippen LogP contribution in [0.25, 0.3) is 0 Å². The smallest absolute Gasteiger partial charge is 0.343 e. The van der Waals surface area contributed by atoms with Gasteiger partial charge in [-0.3, -0.25) is 4.57 Å². The van der Waals surface area contributed by atoms with Crippen molar-refractivity contribution in [2.24, 2.45) is 0 Å². The minimum Gasteiger partial charge on any atom is -0.478 e. The second-order valence-electron chi connectivity index (χ2n) is 4.93. The molecule has 3 rings (SSSR count). The fourth-order valence-electron chi connectivity index (χ4n) is 2.62. The molecule has 1 aliphatic rings. The molecule has 2 aromatic rings. The summed E-state index contributed by atoms with van der Waals surface area (Å²) in [4.78, 5) is 22.1. The third-order valence-corrected chi connectivity index (χ3v) is 3.68. The average Bonchev–Trinajstić information content (AvgIpc) is 2.94. The van der Waals surface area contributed by atoms with Gasteiger partial charge in [-0.2, -0.15) is 5.10 Å². The Morgan fingerprint density at radius 1 is 1.38 bits per heavy atom. The summed E-state index contributed by atoms with van der Waals surface area (Å²) in [6.07, 6.45) is 4.86. The first-order chi connectivity index (χ1) is 10.3. The fourth-order valence-corrected chi connectivity index (χ4v) is 2.62. The minimum atomic E-state index is -0.144. The number of nitrogens with one attached hydrogen (secondary N) is 1. The number of hydrogen-bond acceptors (Lipinski definition) is 6. The summed E-state index contributed by atoms with van der Waals surface area (Å²) in [6, 6.07) is 2.05. The monoisotopic (exact) mass is 290 g/mol. The van der Waals surface area contributed by atoms with Crippen LogP contribution in [0.1, 0.15) is 25.8 Å². The number of aromatic amines is 1. The molecule has 0 unspecified atom stereocenters. The molecule has 1 fully saturated rings. The number of ether oxygens (including phenoxy) is 1. The van der Waals surface area contributed by atoms with E-state index < -0.39 is 0 Å². The number of piperidine rings is 1. The molecule has 8 nitrogen and oxygen atoms in total. The van der Waals surface area contributed by atoms with E-state index >= 15 is 0 Å². The van der Waals surface area contributed by atoms with Gasteiger partial charge in [0.2, 0.25) is 5.88 Å². The van der Waals surface area contributed by atoms with Crippen LogP contribution in [0.15, 0.2) is 23.5 Å². The molecule has 0 atom stereocenters. The summed E-state index contributed by atoms with van der Waals surface area (Å²) in [6.45, 7) is 4.19. The Balaban J connectivity index is 1.67. The molecule has 1 saturated heterocycles. The van der Waals surface area contributed by atoms with Crippen LogP contribution >= 0.6 is 0 Å². The molecule has 0 bridgehead atoms. The highest BCUT2D eigenvalue weighted by Gasteiger charge is 2.22. The quantitative estimate of drug-likeness (QED) is 0.887. The van der Waals surface area contributed by atoms with Crippen LogP contribution in [0.3, 0.4) is 0 Å². The Hall–Kier alpha value is -2.38. The van der Waals surface area contributed by atoms with Gasteiger partial charge in [-0.1, -0.05) is 0 Å². The van der Waals surface area contributed by atoms with Crippen LogP contribution in [0.2, 0.25) is 0 Å². The number of anilines is 1. The lowest BCUT2D eigenvalue weighted by Gasteiger charge is -2.32. The topological polar surface area (TPSA) is 88.9 Å². The second kappa shape index (κ2) is 5.94. The maximum Gasteiger partial charge on any atom is 0.343 e. The van der Waals surface area contributed by atoms with E-state index in [1.165, 1.54) is 6.33 Å². The Morgan fingerprint density at radius 3 is 2.86 bits per heavy atom. The molecule has 2 aromatic heterocycles. The van der Waals surface area contributed by atoms with Crippen molar-refractivity contribution < 1.29 is 4.74 Å². The van der Waals surface area contributed by atoms with Gasteiger partial charge < -0.3 is 9.64 Å². The summed E-state index contributed by atoms with van der Waals surface area (Å²) in [5.41, 5.74) is -0.144. The van der Waals surface area contributed by atoms with E-state index in [0.29, 0.717) is 12.5 Å². The zero-order valence-corrected chi connectivity index (χ0v) is 11.9. The third-order valence-electron chi connectivity index (χ3n) is 3.68. The van der Waals surface area contributed by atoms with Crippen molar-refractivity contribution in [1.82, 2.24) is 24.7 Å². The molecule has 0 radical (unpaired) electrons. The van der Waals surface area contributed by atoms with Crippen LogP contribution in [0.4, 0.5) is 5.82 Å². The van der Waals surface area contributed by atoms with E-state index in [-0.39, 0.29) is 11.7 Å². The van der Waals surface area contributed by atoms with E-state index in [1.807, 2.05) is 13.0 Å². The van der Waals surface area contributed by atoms with E-state index in [0.717, 1.165) is 31.7 Å². The van der Waals surface area contributed by atoms with Gasteiger partial charge in [0.15, 0.2) is 0 Å². The van der Waals surface area contributed by atoms with Gasteiger partial charge in [0.1, 0.15) is 18.5 Å². The van der Waals surface area contributed by atoms with Crippen molar-refractivity contribution in [3.63, 3.8) is 0 Å². The summed E-state index contributed by atoms with van der Waals surface area (Å²) in [5, 5.41) is 6.22. The predicted octanol–water partition coefficient (Wildman–Crippen LogP) is 0.602. The highest BCUT2D eigenvalue weighted by atomic mass is 16.5. The average molecular weight is 290 g/mol. The van der Waals surface area contributed by atoms with Gasteiger partial charge in [0.25, 0.3) is 0 Å². The van der Waals surface area contributed by atoms with Crippen molar-refractivity contribution in [3.05, 3.63) is 29.2 Å². The van der Waals surface area contributed by atoms with Gasteiger partial charge in [0, 0.05) is 25.2 Å². The first kappa shape index (κ1) is 13.6. The number of rotatable bonds is 4. The van der Waals surface area contributed by atoms with Gasteiger partial charge in [-0.25, -0.2) is 19.9 Å². The summed E-state index contributed by atoms with van der Waals surface area (Å²) >= 11 is 0.